The molecular weight excluding hydrogens is 408 g/mol. The Balaban J connectivity index is 1.41. The van der Waals surface area contributed by atoms with Gasteiger partial charge in [0.1, 0.15) is 12.4 Å². The van der Waals surface area contributed by atoms with Crippen molar-refractivity contribution in [1.29, 1.82) is 0 Å². The second-order valence-corrected chi connectivity index (χ2v) is 9.73. The summed E-state index contributed by atoms with van der Waals surface area (Å²) in [5.74, 6) is 1.45. The molecule has 3 aliphatic rings. The van der Waals surface area contributed by atoms with E-state index in [1.807, 2.05) is 6.07 Å². The van der Waals surface area contributed by atoms with Gasteiger partial charge in [0.05, 0.1) is 16.7 Å². The molecule has 2 N–H and O–H groups in total. The Labute approximate surface area is 186 Å². The van der Waals surface area contributed by atoms with E-state index in [2.05, 4.69) is 12.1 Å². The quantitative estimate of drug-likeness (QED) is 0.524. The summed E-state index contributed by atoms with van der Waals surface area (Å²) in [4.78, 5) is 16.1. The molecule has 0 aliphatic heterocycles. The van der Waals surface area contributed by atoms with Crippen LogP contribution in [-0.2, 0) is 11.4 Å². The second kappa shape index (κ2) is 7.89. The van der Waals surface area contributed by atoms with Crippen molar-refractivity contribution in [3.8, 4) is 5.75 Å². The molecule has 0 saturated heterocycles. The fraction of sp³-hybridized carbons (Fsp3) is 0.480. The molecule has 7 heteroatoms. The Morgan fingerprint density at radius 3 is 2.72 bits per heavy atom. The average molecular weight is 437 g/mol. The van der Waals surface area contributed by atoms with Crippen LogP contribution in [0.15, 0.2) is 47.6 Å². The summed E-state index contributed by atoms with van der Waals surface area (Å²) < 4.78 is 0. The Kier molecular flexibility index (Phi) is 5.16. The number of aromatic hydroxyl groups is 1. The predicted molar refractivity (Wildman–Crippen MR) is 119 cm³/mol. The van der Waals surface area contributed by atoms with Crippen LogP contribution in [0.25, 0.3) is 0 Å². The smallest absolute Gasteiger partial charge is 0.269 e. The molecule has 2 fully saturated rings. The molecule has 5 rings (SSSR count). The number of rotatable bonds is 4. The average Bonchev–Trinajstić information content (AvgIpc) is 3.09. The Bertz CT molecular complexity index is 1070. The molecule has 3 aliphatic carbocycles. The monoisotopic (exact) mass is 436 g/mol. The first-order valence-electron chi connectivity index (χ1n) is 11.3. The normalized spacial score (nSPS) is 32.1. The number of nitrogens with zero attached hydrogens (tertiary/aromatic N) is 2. The Hall–Kier alpha value is -2.93. The lowest BCUT2D eigenvalue weighted by Crippen LogP contribution is -2.45. The summed E-state index contributed by atoms with van der Waals surface area (Å²) >= 11 is 0. The highest BCUT2D eigenvalue weighted by Crippen LogP contribution is 2.61. The maximum atomic E-state index is 10.8. The Morgan fingerprint density at radius 1 is 1.19 bits per heavy atom. The number of phenolic OH excluding ortho intramolecular Hbond substituents is 1. The van der Waals surface area contributed by atoms with Crippen molar-refractivity contribution in [3.63, 3.8) is 0 Å². The second-order valence-electron chi connectivity index (χ2n) is 9.73. The third kappa shape index (κ3) is 3.45. The standard InChI is InChI=1S/C25H28N2O5/c1-25-11-10-19-18-7-6-17(28)12-21(18)23(13-20(19)22(25)8-9-24(25)29)26-32-14-15-2-4-16(5-3-15)27(30)31/h2-7,12,19-20,22,24,28-29H,8-11,13-14H2,1H3/t19-,20-,22+,24?,25+/m1/s1. The fourth-order valence-electron chi connectivity index (χ4n) is 6.37. The van der Waals surface area contributed by atoms with Crippen molar-refractivity contribution in [3.05, 3.63) is 69.3 Å². The molecule has 0 heterocycles. The summed E-state index contributed by atoms with van der Waals surface area (Å²) in [7, 11) is 0. The van der Waals surface area contributed by atoms with Gasteiger partial charge in [-0.05, 0) is 90.7 Å². The summed E-state index contributed by atoms with van der Waals surface area (Å²) in [6, 6.07) is 11.8. The van der Waals surface area contributed by atoms with Crippen molar-refractivity contribution in [1.82, 2.24) is 0 Å². The molecule has 5 atom stereocenters. The van der Waals surface area contributed by atoms with Crippen molar-refractivity contribution < 1.29 is 20.0 Å². The van der Waals surface area contributed by atoms with Crippen LogP contribution in [0.5, 0.6) is 5.75 Å². The van der Waals surface area contributed by atoms with Crippen LogP contribution in [0.3, 0.4) is 0 Å². The van der Waals surface area contributed by atoms with E-state index in [0.717, 1.165) is 48.9 Å². The minimum atomic E-state index is -0.426. The molecule has 7 nitrogen and oxygen atoms in total. The van der Waals surface area contributed by atoms with Gasteiger partial charge >= 0.3 is 0 Å². The molecule has 0 radical (unpaired) electrons. The Morgan fingerprint density at radius 2 is 1.97 bits per heavy atom. The van der Waals surface area contributed by atoms with Gasteiger partial charge in [-0.25, -0.2) is 0 Å². The van der Waals surface area contributed by atoms with Gasteiger partial charge in [0.15, 0.2) is 0 Å². The molecule has 1 unspecified atom stereocenters. The zero-order valence-electron chi connectivity index (χ0n) is 18.1. The first-order chi connectivity index (χ1) is 15.4. The lowest BCUT2D eigenvalue weighted by Gasteiger charge is -2.50. The van der Waals surface area contributed by atoms with E-state index in [9.17, 15) is 20.3 Å². The minimum Gasteiger partial charge on any atom is -0.508 e. The van der Waals surface area contributed by atoms with E-state index in [1.165, 1.54) is 17.7 Å². The van der Waals surface area contributed by atoms with Gasteiger partial charge in [-0.2, -0.15) is 0 Å². The number of aliphatic hydroxyl groups excluding tert-OH is 1. The summed E-state index contributed by atoms with van der Waals surface area (Å²) in [5.41, 5.74) is 3.78. The van der Waals surface area contributed by atoms with Crippen molar-refractivity contribution in [2.45, 2.75) is 57.7 Å². The lowest BCUT2D eigenvalue weighted by molar-refractivity contribution is -0.384. The first-order valence-corrected chi connectivity index (χ1v) is 11.3. The maximum Gasteiger partial charge on any atom is 0.269 e. The molecule has 2 saturated carbocycles. The van der Waals surface area contributed by atoms with Gasteiger partial charge in [0.2, 0.25) is 0 Å². The largest absolute Gasteiger partial charge is 0.508 e. The van der Waals surface area contributed by atoms with Crippen LogP contribution in [0.1, 0.15) is 61.6 Å². The zero-order chi connectivity index (χ0) is 22.5. The molecule has 0 bridgehead atoms. The van der Waals surface area contributed by atoms with Crippen LogP contribution >= 0.6 is 0 Å². The number of fused-ring (bicyclic) bond motifs is 5. The van der Waals surface area contributed by atoms with Crippen LogP contribution in [0.2, 0.25) is 0 Å². The molecule has 0 spiro atoms. The molecule has 2 aromatic carbocycles. The van der Waals surface area contributed by atoms with Gasteiger partial charge < -0.3 is 15.1 Å². The SMILES string of the molecule is C[C@]12CC[C@@H]3c4ccc(O)cc4C(=NOCc4ccc([N+](=O)[O-])cc4)C[C@H]3[C@@H]1CCC2O. The van der Waals surface area contributed by atoms with Crippen LogP contribution < -0.4 is 0 Å². The summed E-state index contributed by atoms with van der Waals surface area (Å²) in [6.45, 7) is 2.45. The summed E-state index contributed by atoms with van der Waals surface area (Å²) in [6.07, 6.45) is 4.45. The van der Waals surface area contributed by atoms with Gasteiger partial charge in [-0.3, -0.25) is 10.1 Å². The number of aliphatic hydroxyl groups is 1. The van der Waals surface area contributed by atoms with Crippen LogP contribution in [0.4, 0.5) is 5.69 Å². The van der Waals surface area contributed by atoms with Crippen molar-refractivity contribution in [2.24, 2.45) is 22.4 Å². The van der Waals surface area contributed by atoms with E-state index in [-0.39, 0.29) is 29.6 Å². The number of nitro benzene ring substituents is 1. The van der Waals surface area contributed by atoms with Crippen LogP contribution in [-0.4, -0.2) is 27.0 Å². The fourth-order valence-corrected chi connectivity index (χ4v) is 6.37. The van der Waals surface area contributed by atoms with E-state index < -0.39 is 4.92 Å². The predicted octanol–water partition coefficient (Wildman–Crippen LogP) is 4.90. The topological polar surface area (TPSA) is 105 Å². The highest BCUT2D eigenvalue weighted by Gasteiger charge is 2.55. The third-order valence-electron chi connectivity index (χ3n) is 8.12. The van der Waals surface area contributed by atoms with Crippen LogP contribution in [0, 0.1) is 27.4 Å². The molecule has 0 amide bonds. The van der Waals surface area contributed by atoms with E-state index in [0.29, 0.717) is 17.8 Å². The van der Waals surface area contributed by atoms with E-state index >= 15 is 0 Å². The number of nitro groups is 1. The molecule has 0 aromatic heterocycles. The third-order valence-corrected chi connectivity index (χ3v) is 8.12. The lowest BCUT2D eigenvalue weighted by atomic mass is 9.55. The number of oxime groups is 1. The van der Waals surface area contributed by atoms with Crippen molar-refractivity contribution >= 4 is 11.4 Å². The number of benzene rings is 2. The molecule has 2 aromatic rings. The number of hydrogen-bond acceptors (Lipinski definition) is 6. The number of phenols is 1. The molecular formula is C25H28N2O5. The minimum absolute atomic E-state index is 0.0414. The highest BCUT2D eigenvalue weighted by atomic mass is 16.6. The first kappa shape index (κ1) is 20.9. The van der Waals surface area contributed by atoms with E-state index in [1.54, 1.807) is 24.3 Å². The number of hydrogen-bond donors (Lipinski definition) is 2. The van der Waals surface area contributed by atoms with Gasteiger partial charge in [-0.1, -0.05) is 18.1 Å². The van der Waals surface area contributed by atoms with Crippen molar-refractivity contribution in [2.75, 3.05) is 0 Å². The number of non-ortho nitro benzene ring substituents is 1. The van der Waals surface area contributed by atoms with E-state index in [4.69, 9.17) is 4.84 Å². The van der Waals surface area contributed by atoms with Gasteiger partial charge in [0, 0.05) is 17.7 Å². The van der Waals surface area contributed by atoms with Gasteiger partial charge in [-0.15, -0.1) is 0 Å². The maximum absolute atomic E-state index is 10.8. The molecule has 32 heavy (non-hydrogen) atoms. The zero-order valence-corrected chi connectivity index (χ0v) is 18.1. The molecule has 168 valence electrons. The summed E-state index contributed by atoms with van der Waals surface area (Å²) in [5, 5.41) is 36.1. The van der Waals surface area contributed by atoms with Gasteiger partial charge in [0.25, 0.3) is 5.69 Å². The highest BCUT2D eigenvalue weighted by molar-refractivity contribution is 6.03.